The van der Waals surface area contributed by atoms with Crippen LogP contribution in [0.2, 0.25) is 0 Å². The lowest BCUT2D eigenvalue weighted by Gasteiger charge is -2.16. The number of nitrogens with one attached hydrogen (secondary N) is 1. The van der Waals surface area contributed by atoms with Crippen LogP contribution in [0.1, 0.15) is 39.8 Å². The smallest absolute Gasteiger partial charge is 0.129 e. The molecule has 84 valence electrons. The third-order valence-corrected chi connectivity index (χ3v) is 2.31. The first kappa shape index (κ1) is 12.0. The Labute approximate surface area is 92.3 Å². The Hall–Kier alpha value is -1.12. The van der Waals surface area contributed by atoms with Crippen molar-refractivity contribution in [1.29, 1.82) is 0 Å². The standard InChI is InChI=1S/C12H21N3/c1-5-11-7-12(14-8-13-11)15-10(4)6-9(2)3/h7-10H,5-6H2,1-4H3,(H,13,14,15). The van der Waals surface area contributed by atoms with E-state index in [1.54, 1.807) is 6.33 Å². The van der Waals surface area contributed by atoms with Gasteiger partial charge in [-0.15, -0.1) is 0 Å². The molecule has 3 heteroatoms. The molecule has 0 bridgehead atoms. The van der Waals surface area contributed by atoms with Crippen molar-refractivity contribution in [3.8, 4) is 0 Å². The predicted octanol–water partition coefficient (Wildman–Crippen LogP) is 2.89. The van der Waals surface area contributed by atoms with E-state index in [-0.39, 0.29) is 0 Å². The third-order valence-electron chi connectivity index (χ3n) is 2.31. The van der Waals surface area contributed by atoms with Gasteiger partial charge in [-0.3, -0.25) is 0 Å². The van der Waals surface area contributed by atoms with Gasteiger partial charge in [0.15, 0.2) is 0 Å². The third kappa shape index (κ3) is 4.28. The molecule has 1 aromatic rings. The Bertz CT molecular complexity index is 297. The Balaban J connectivity index is 2.55. The van der Waals surface area contributed by atoms with Gasteiger partial charge in [0.2, 0.25) is 0 Å². The van der Waals surface area contributed by atoms with Crippen LogP contribution >= 0.6 is 0 Å². The summed E-state index contributed by atoms with van der Waals surface area (Å²) in [6, 6.07) is 2.49. The summed E-state index contributed by atoms with van der Waals surface area (Å²) in [5.41, 5.74) is 1.09. The quantitative estimate of drug-likeness (QED) is 0.806. The van der Waals surface area contributed by atoms with Crippen molar-refractivity contribution in [1.82, 2.24) is 9.97 Å². The lowest BCUT2D eigenvalue weighted by Crippen LogP contribution is -2.18. The lowest BCUT2D eigenvalue weighted by atomic mass is 10.1. The highest BCUT2D eigenvalue weighted by Gasteiger charge is 2.05. The second-order valence-corrected chi connectivity index (χ2v) is 4.42. The second-order valence-electron chi connectivity index (χ2n) is 4.42. The van der Waals surface area contributed by atoms with Gasteiger partial charge in [-0.1, -0.05) is 20.8 Å². The minimum atomic E-state index is 0.463. The lowest BCUT2D eigenvalue weighted by molar-refractivity contribution is 0.538. The van der Waals surface area contributed by atoms with Crippen molar-refractivity contribution in [2.45, 2.75) is 46.6 Å². The summed E-state index contributed by atoms with van der Waals surface area (Å²) < 4.78 is 0. The summed E-state index contributed by atoms with van der Waals surface area (Å²) in [5, 5.41) is 3.40. The molecule has 1 heterocycles. The van der Waals surface area contributed by atoms with Gasteiger partial charge in [0.05, 0.1) is 0 Å². The van der Waals surface area contributed by atoms with Crippen molar-refractivity contribution in [3.05, 3.63) is 18.1 Å². The van der Waals surface area contributed by atoms with Crippen molar-refractivity contribution < 1.29 is 0 Å². The molecule has 0 aliphatic heterocycles. The van der Waals surface area contributed by atoms with E-state index in [2.05, 4.69) is 43.0 Å². The van der Waals surface area contributed by atoms with Gasteiger partial charge in [0, 0.05) is 17.8 Å². The molecular weight excluding hydrogens is 186 g/mol. The fraction of sp³-hybridized carbons (Fsp3) is 0.667. The summed E-state index contributed by atoms with van der Waals surface area (Å²) >= 11 is 0. The Morgan fingerprint density at radius 2 is 2.00 bits per heavy atom. The highest BCUT2D eigenvalue weighted by Crippen LogP contribution is 2.11. The zero-order valence-corrected chi connectivity index (χ0v) is 10.1. The van der Waals surface area contributed by atoms with E-state index in [1.807, 2.05) is 6.07 Å². The van der Waals surface area contributed by atoms with Crippen LogP contribution in [0.25, 0.3) is 0 Å². The van der Waals surface area contributed by atoms with E-state index in [9.17, 15) is 0 Å². The summed E-state index contributed by atoms with van der Waals surface area (Å²) in [4.78, 5) is 8.39. The van der Waals surface area contributed by atoms with E-state index in [0.29, 0.717) is 12.0 Å². The van der Waals surface area contributed by atoms with E-state index in [1.165, 1.54) is 0 Å². The van der Waals surface area contributed by atoms with Gasteiger partial charge in [-0.25, -0.2) is 9.97 Å². The molecule has 0 amide bonds. The predicted molar refractivity (Wildman–Crippen MR) is 63.9 cm³/mol. The topological polar surface area (TPSA) is 37.8 Å². The average molecular weight is 207 g/mol. The van der Waals surface area contributed by atoms with Gasteiger partial charge < -0.3 is 5.32 Å². The molecule has 0 aliphatic carbocycles. The zero-order valence-electron chi connectivity index (χ0n) is 10.1. The van der Waals surface area contributed by atoms with Gasteiger partial charge in [0.1, 0.15) is 12.1 Å². The van der Waals surface area contributed by atoms with Crippen molar-refractivity contribution >= 4 is 5.82 Å². The first-order valence-corrected chi connectivity index (χ1v) is 5.69. The van der Waals surface area contributed by atoms with Crippen LogP contribution in [-0.2, 0) is 6.42 Å². The van der Waals surface area contributed by atoms with E-state index in [0.717, 1.165) is 24.4 Å². The van der Waals surface area contributed by atoms with E-state index >= 15 is 0 Å². The van der Waals surface area contributed by atoms with Crippen molar-refractivity contribution in [2.75, 3.05) is 5.32 Å². The van der Waals surface area contributed by atoms with Crippen molar-refractivity contribution in [3.63, 3.8) is 0 Å². The van der Waals surface area contributed by atoms with Crippen LogP contribution in [0, 0.1) is 5.92 Å². The molecule has 1 N–H and O–H groups in total. The Morgan fingerprint density at radius 1 is 1.27 bits per heavy atom. The van der Waals surface area contributed by atoms with Crippen LogP contribution in [0.5, 0.6) is 0 Å². The van der Waals surface area contributed by atoms with Gasteiger partial charge in [-0.2, -0.15) is 0 Å². The largest absolute Gasteiger partial charge is 0.368 e. The molecule has 3 nitrogen and oxygen atoms in total. The van der Waals surface area contributed by atoms with Crippen LogP contribution in [0.4, 0.5) is 5.82 Å². The number of rotatable bonds is 5. The summed E-state index contributed by atoms with van der Waals surface area (Å²) in [5.74, 6) is 1.65. The maximum Gasteiger partial charge on any atom is 0.129 e. The maximum absolute atomic E-state index is 4.21. The molecule has 0 aromatic carbocycles. The van der Waals surface area contributed by atoms with E-state index in [4.69, 9.17) is 0 Å². The highest BCUT2D eigenvalue weighted by atomic mass is 15.0. The fourth-order valence-corrected chi connectivity index (χ4v) is 1.69. The molecule has 0 aliphatic rings. The Morgan fingerprint density at radius 3 is 2.60 bits per heavy atom. The van der Waals surface area contributed by atoms with Gasteiger partial charge in [-0.05, 0) is 25.7 Å². The fourth-order valence-electron chi connectivity index (χ4n) is 1.69. The number of aryl methyl sites for hydroxylation is 1. The number of hydrogen-bond donors (Lipinski definition) is 1. The molecule has 1 rings (SSSR count). The number of hydrogen-bond acceptors (Lipinski definition) is 3. The number of aromatic nitrogens is 2. The minimum absolute atomic E-state index is 0.463. The molecule has 1 aromatic heterocycles. The molecule has 1 unspecified atom stereocenters. The average Bonchev–Trinajstić information content (AvgIpc) is 2.16. The first-order valence-electron chi connectivity index (χ1n) is 5.69. The van der Waals surface area contributed by atoms with Crippen LogP contribution in [0.15, 0.2) is 12.4 Å². The number of nitrogens with zero attached hydrogens (tertiary/aromatic N) is 2. The number of anilines is 1. The van der Waals surface area contributed by atoms with Crippen LogP contribution < -0.4 is 5.32 Å². The molecular formula is C12H21N3. The van der Waals surface area contributed by atoms with Crippen LogP contribution in [-0.4, -0.2) is 16.0 Å². The molecule has 0 spiro atoms. The highest BCUT2D eigenvalue weighted by molar-refractivity contribution is 5.35. The molecule has 1 atom stereocenters. The summed E-state index contributed by atoms with van der Waals surface area (Å²) in [6.07, 6.45) is 3.74. The normalized spacial score (nSPS) is 12.9. The molecule has 0 radical (unpaired) electrons. The molecule has 0 fully saturated rings. The van der Waals surface area contributed by atoms with Gasteiger partial charge >= 0.3 is 0 Å². The summed E-state index contributed by atoms with van der Waals surface area (Å²) in [6.45, 7) is 8.75. The SMILES string of the molecule is CCc1cc(NC(C)CC(C)C)ncn1. The second kappa shape index (κ2) is 5.69. The van der Waals surface area contributed by atoms with E-state index < -0.39 is 0 Å². The maximum atomic E-state index is 4.21. The molecule has 0 saturated heterocycles. The van der Waals surface area contributed by atoms with Crippen LogP contribution in [0.3, 0.4) is 0 Å². The molecule has 15 heavy (non-hydrogen) atoms. The first-order chi connectivity index (χ1) is 7.11. The summed E-state index contributed by atoms with van der Waals surface area (Å²) in [7, 11) is 0. The van der Waals surface area contributed by atoms with Gasteiger partial charge in [0.25, 0.3) is 0 Å². The Kier molecular flexibility index (Phi) is 4.53. The molecule has 0 saturated carbocycles. The van der Waals surface area contributed by atoms with Crippen molar-refractivity contribution in [2.24, 2.45) is 5.92 Å². The minimum Gasteiger partial charge on any atom is -0.368 e. The monoisotopic (exact) mass is 207 g/mol. The zero-order chi connectivity index (χ0) is 11.3.